The molecule has 0 aliphatic carbocycles. The first kappa shape index (κ1) is 23.2. The highest BCUT2D eigenvalue weighted by atomic mass is 16.5. The molecule has 5 heterocycles. The van der Waals surface area contributed by atoms with Crippen LogP contribution in [-0.2, 0) is 0 Å². The molecule has 0 radical (unpaired) electrons. The van der Waals surface area contributed by atoms with Gasteiger partial charge < -0.3 is 9.30 Å². The lowest BCUT2D eigenvalue weighted by atomic mass is 10.1. The van der Waals surface area contributed by atoms with Crippen molar-refractivity contribution in [2.45, 2.75) is 0 Å². The van der Waals surface area contributed by atoms with E-state index in [1.54, 1.807) is 0 Å². The summed E-state index contributed by atoms with van der Waals surface area (Å²) in [5.41, 5.74) is 10.8. The van der Waals surface area contributed by atoms with Gasteiger partial charge in [0.05, 0.1) is 39.0 Å². The maximum Gasteiger partial charge on any atom is 0.221 e. The number of fused-ring (bicyclic) bond motifs is 12. The molecule has 1 aliphatic heterocycles. The van der Waals surface area contributed by atoms with E-state index in [4.69, 9.17) is 9.72 Å². The Bertz CT molecular complexity index is 2850. The number of nitrogens with zero attached hydrogens (tertiary/aromatic N) is 5. The topological polar surface area (TPSA) is 41.3 Å². The summed E-state index contributed by atoms with van der Waals surface area (Å²) < 4.78 is 16.0. The van der Waals surface area contributed by atoms with Crippen molar-refractivity contribution >= 4 is 60.7 Å². The van der Waals surface area contributed by atoms with Gasteiger partial charge in [-0.25, -0.2) is 4.98 Å². The van der Waals surface area contributed by atoms with E-state index in [2.05, 4.69) is 145 Å². The fraction of sp³-hybridized carbons (Fsp3) is 0. The summed E-state index contributed by atoms with van der Waals surface area (Å²) in [6.07, 6.45) is 0. The summed E-state index contributed by atoms with van der Waals surface area (Å²) in [5, 5.41) is 3.51. The minimum atomic E-state index is 0.858. The summed E-state index contributed by atoms with van der Waals surface area (Å²) >= 11 is 0. The van der Waals surface area contributed by atoms with E-state index >= 15 is 0 Å². The molecule has 11 rings (SSSR count). The van der Waals surface area contributed by atoms with Gasteiger partial charge in [0, 0.05) is 21.8 Å². The zero-order chi connectivity index (χ0) is 29.2. The Morgan fingerprint density at radius 3 is 2.02 bits per heavy atom. The lowest BCUT2D eigenvalue weighted by Gasteiger charge is -2.21. The van der Waals surface area contributed by atoms with E-state index < -0.39 is 0 Å². The number of rotatable bonds is 2. The molecule has 6 heteroatoms. The molecule has 6 aromatic carbocycles. The van der Waals surface area contributed by atoms with Gasteiger partial charge in [0.25, 0.3) is 0 Å². The first-order valence-corrected chi connectivity index (χ1v) is 15.2. The molecule has 0 spiro atoms. The third-order valence-corrected chi connectivity index (χ3v) is 9.34. The molecule has 0 N–H and O–H groups in total. The van der Waals surface area contributed by atoms with Gasteiger partial charge in [-0.05, 0) is 60.7 Å². The first-order valence-electron chi connectivity index (χ1n) is 15.2. The molecule has 0 atom stereocenters. The minimum Gasteiger partial charge on any atom is -0.453 e. The maximum atomic E-state index is 6.55. The van der Waals surface area contributed by atoms with Crippen molar-refractivity contribution in [2.75, 3.05) is 0 Å². The molecule has 0 amide bonds. The highest BCUT2D eigenvalue weighted by Crippen LogP contribution is 2.48. The van der Waals surface area contributed by atoms with E-state index in [0.717, 1.165) is 78.5 Å². The van der Waals surface area contributed by atoms with Crippen molar-refractivity contribution in [3.63, 3.8) is 0 Å². The molecular weight excluding hydrogens is 554 g/mol. The van der Waals surface area contributed by atoms with Crippen molar-refractivity contribution in [1.82, 2.24) is 23.1 Å². The fourth-order valence-electron chi connectivity index (χ4n) is 7.59. The fourth-order valence-corrected chi connectivity index (χ4v) is 7.59. The number of ether oxygens (including phenoxy) is 1. The predicted molar refractivity (Wildman–Crippen MR) is 181 cm³/mol. The van der Waals surface area contributed by atoms with E-state index in [0.29, 0.717) is 0 Å². The highest BCUT2D eigenvalue weighted by molar-refractivity contribution is 6.18. The second kappa shape index (κ2) is 8.21. The lowest BCUT2D eigenvalue weighted by molar-refractivity contribution is 0.476. The van der Waals surface area contributed by atoms with Gasteiger partial charge in [0.15, 0.2) is 17.1 Å². The number of benzene rings is 6. The largest absolute Gasteiger partial charge is 0.453 e. The average molecular weight is 578 g/mol. The molecule has 6 nitrogen and oxygen atoms in total. The van der Waals surface area contributed by atoms with Crippen LogP contribution in [0.2, 0.25) is 0 Å². The Labute approximate surface area is 256 Å². The van der Waals surface area contributed by atoms with Gasteiger partial charge in [0.1, 0.15) is 5.52 Å². The number of para-hydroxylation sites is 7. The molecule has 210 valence electrons. The monoisotopic (exact) mass is 577 g/mol. The van der Waals surface area contributed by atoms with E-state index in [9.17, 15) is 0 Å². The van der Waals surface area contributed by atoms with Gasteiger partial charge in [-0.1, -0.05) is 78.9 Å². The number of imidazole rings is 2. The Balaban J connectivity index is 1.39. The molecule has 0 saturated heterocycles. The molecule has 0 unspecified atom stereocenters. The molecule has 45 heavy (non-hydrogen) atoms. The molecule has 0 bridgehead atoms. The van der Waals surface area contributed by atoms with Crippen LogP contribution in [0.3, 0.4) is 0 Å². The van der Waals surface area contributed by atoms with Gasteiger partial charge in [-0.15, -0.1) is 0 Å². The maximum absolute atomic E-state index is 6.55. The molecule has 0 fully saturated rings. The Hall–Kier alpha value is -6.27. The minimum absolute atomic E-state index is 0.858. The van der Waals surface area contributed by atoms with Crippen molar-refractivity contribution in [2.24, 2.45) is 0 Å². The van der Waals surface area contributed by atoms with Crippen molar-refractivity contribution < 1.29 is 4.74 Å². The van der Waals surface area contributed by atoms with Crippen LogP contribution in [0.25, 0.3) is 77.7 Å². The van der Waals surface area contributed by atoms with Crippen LogP contribution in [0.5, 0.6) is 11.5 Å². The Morgan fingerprint density at radius 2 is 1.16 bits per heavy atom. The standard InChI is InChI=1S/C39H23N5O/c1-2-12-24(13-3-1)41-36-26-15-5-8-18-29(26)43(38(36)44-30-19-9-6-16-27(30)40-39(41)44)32-22-23-34-37-35(32)25-14-4-7-17-28(25)42(37)31-20-10-11-21-33(31)45-34/h1-23H. The van der Waals surface area contributed by atoms with Gasteiger partial charge in [0.2, 0.25) is 5.78 Å². The number of aromatic nitrogens is 5. The van der Waals surface area contributed by atoms with Crippen molar-refractivity contribution in [3.8, 4) is 28.6 Å². The quantitative estimate of drug-likeness (QED) is 0.205. The van der Waals surface area contributed by atoms with Gasteiger partial charge in [-0.3, -0.25) is 13.5 Å². The number of hydrogen-bond donors (Lipinski definition) is 0. The molecule has 1 aliphatic rings. The van der Waals surface area contributed by atoms with Crippen molar-refractivity contribution in [1.29, 1.82) is 0 Å². The van der Waals surface area contributed by atoms with Crippen LogP contribution in [0.15, 0.2) is 140 Å². The van der Waals surface area contributed by atoms with E-state index in [-0.39, 0.29) is 0 Å². The smallest absolute Gasteiger partial charge is 0.221 e. The second-order valence-electron chi connectivity index (χ2n) is 11.7. The summed E-state index contributed by atoms with van der Waals surface area (Å²) in [6, 6.07) is 49.0. The Morgan fingerprint density at radius 1 is 0.467 bits per heavy atom. The van der Waals surface area contributed by atoms with Crippen LogP contribution < -0.4 is 4.74 Å². The predicted octanol–water partition coefficient (Wildman–Crippen LogP) is 9.58. The zero-order valence-electron chi connectivity index (χ0n) is 23.9. The average Bonchev–Trinajstić information content (AvgIpc) is 3.82. The summed E-state index contributed by atoms with van der Waals surface area (Å²) in [6.45, 7) is 0. The third-order valence-electron chi connectivity index (χ3n) is 9.34. The second-order valence-corrected chi connectivity index (χ2v) is 11.7. The molecule has 0 saturated carbocycles. The van der Waals surface area contributed by atoms with Crippen LogP contribution in [0.1, 0.15) is 0 Å². The van der Waals surface area contributed by atoms with Crippen LogP contribution in [-0.4, -0.2) is 23.1 Å². The van der Waals surface area contributed by atoms with Gasteiger partial charge in [-0.2, -0.15) is 0 Å². The third kappa shape index (κ3) is 2.82. The van der Waals surface area contributed by atoms with Crippen molar-refractivity contribution in [3.05, 3.63) is 140 Å². The van der Waals surface area contributed by atoms with Crippen LogP contribution in [0.4, 0.5) is 0 Å². The summed E-state index contributed by atoms with van der Waals surface area (Å²) in [7, 11) is 0. The van der Waals surface area contributed by atoms with E-state index in [1.807, 2.05) is 12.1 Å². The normalized spacial score (nSPS) is 12.6. The first-order chi connectivity index (χ1) is 22.4. The Kier molecular flexibility index (Phi) is 4.24. The molecular formula is C39H23N5O. The zero-order valence-corrected chi connectivity index (χ0v) is 23.9. The lowest BCUT2D eigenvalue weighted by Crippen LogP contribution is -2.05. The van der Waals surface area contributed by atoms with Crippen LogP contribution >= 0.6 is 0 Å². The summed E-state index contributed by atoms with van der Waals surface area (Å²) in [5.74, 6) is 2.61. The van der Waals surface area contributed by atoms with E-state index in [1.165, 1.54) is 10.8 Å². The SMILES string of the molecule is c1ccc(-n2c3c4ccccc4n(-c4ccc5c6c4c4ccccc4n6-c4ccccc4O5)c3n3c4ccccc4nc23)cc1. The van der Waals surface area contributed by atoms with Crippen LogP contribution in [0, 0.1) is 0 Å². The molecule has 4 aromatic heterocycles. The molecule has 10 aromatic rings. The highest BCUT2D eigenvalue weighted by Gasteiger charge is 2.29. The number of hydrogen-bond acceptors (Lipinski definition) is 2. The summed E-state index contributed by atoms with van der Waals surface area (Å²) in [4.78, 5) is 5.21. The van der Waals surface area contributed by atoms with Gasteiger partial charge >= 0.3 is 0 Å².